The Labute approximate surface area is 143 Å². The van der Waals surface area contributed by atoms with Gasteiger partial charge in [-0.3, -0.25) is 10.1 Å². The number of rotatable bonds is 4. The minimum Gasteiger partial charge on any atom is -0.489 e. The molecule has 4 rings (SSSR count). The van der Waals surface area contributed by atoms with E-state index in [-0.39, 0.29) is 24.4 Å². The molecule has 1 aliphatic heterocycles. The number of amides is 1. The van der Waals surface area contributed by atoms with Gasteiger partial charge in [-0.25, -0.2) is 9.07 Å². The van der Waals surface area contributed by atoms with Crippen LogP contribution in [-0.2, 0) is 11.4 Å². The number of nitrogens with zero attached hydrogens (tertiary/aromatic N) is 3. The number of benzene rings is 2. The van der Waals surface area contributed by atoms with Crippen LogP contribution in [0, 0.1) is 5.82 Å². The summed E-state index contributed by atoms with van der Waals surface area (Å²) < 4.78 is 20.6. The van der Waals surface area contributed by atoms with Gasteiger partial charge in [0.05, 0.1) is 12.5 Å². The third-order valence-electron chi connectivity index (χ3n) is 4.06. The van der Waals surface area contributed by atoms with Gasteiger partial charge in [0, 0.05) is 0 Å². The molecule has 0 radical (unpaired) electrons. The van der Waals surface area contributed by atoms with Gasteiger partial charge < -0.3 is 4.74 Å². The third-order valence-corrected chi connectivity index (χ3v) is 4.06. The largest absolute Gasteiger partial charge is 0.489 e. The van der Waals surface area contributed by atoms with Gasteiger partial charge in [0.15, 0.2) is 0 Å². The average molecular weight is 338 g/mol. The molecule has 7 heteroatoms. The number of hydrogen-bond donors (Lipinski definition) is 1. The molecule has 2 heterocycles. The molecule has 0 saturated heterocycles. The summed E-state index contributed by atoms with van der Waals surface area (Å²) in [7, 11) is 0. The van der Waals surface area contributed by atoms with Crippen LogP contribution >= 0.6 is 0 Å². The molecule has 3 aromatic rings. The number of anilines is 1. The standard InChI is InChI=1S/C18H15FN4O2/c19-14-3-1-2-12(8-14)10-25-15-6-4-13(5-7-15)16-9-17(24)22-18-20-11-21-23(16)18/h1-8,11,16H,9-10H2,(H,20,21,22,24)/t16-/m1/s1. The summed E-state index contributed by atoms with van der Waals surface area (Å²) in [5.41, 5.74) is 1.71. The van der Waals surface area contributed by atoms with Gasteiger partial charge in [0.2, 0.25) is 11.9 Å². The lowest BCUT2D eigenvalue weighted by Gasteiger charge is -2.23. The highest BCUT2D eigenvalue weighted by molar-refractivity contribution is 5.91. The van der Waals surface area contributed by atoms with Crippen LogP contribution in [0.4, 0.5) is 10.3 Å². The SMILES string of the molecule is O=C1C[C@H](c2ccc(OCc3cccc(F)c3)cc2)n2ncnc2N1. The van der Waals surface area contributed by atoms with Crippen molar-refractivity contribution in [3.63, 3.8) is 0 Å². The predicted octanol–water partition coefficient (Wildman–Crippen LogP) is 2.93. The number of carbonyl (C=O) groups excluding carboxylic acids is 1. The fraction of sp³-hybridized carbons (Fsp3) is 0.167. The van der Waals surface area contributed by atoms with Gasteiger partial charge in [0.25, 0.3) is 0 Å². The molecule has 1 amide bonds. The van der Waals surface area contributed by atoms with Crippen LogP contribution < -0.4 is 10.1 Å². The zero-order valence-electron chi connectivity index (χ0n) is 13.2. The first-order valence-electron chi connectivity index (χ1n) is 7.85. The summed E-state index contributed by atoms with van der Waals surface area (Å²) in [6.45, 7) is 0.288. The molecule has 126 valence electrons. The third kappa shape index (κ3) is 3.21. The molecular formula is C18H15FN4O2. The van der Waals surface area contributed by atoms with Gasteiger partial charge in [0.1, 0.15) is 24.5 Å². The van der Waals surface area contributed by atoms with E-state index in [9.17, 15) is 9.18 Å². The van der Waals surface area contributed by atoms with Crippen LogP contribution in [0.25, 0.3) is 0 Å². The number of aromatic nitrogens is 3. The minimum atomic E-state index is -0.282. The summed E-state index contributed by atoms with van der Waals surface area (Å²) in [6.07, 6.45) is 1.73. The van der Waals surface area contributed by atoms with Gasteiger partial charge in [-0.15, -0.1) is 0 Å². The Morgan fingerprint density at radius 1 is 1.24 bits per heavy atom. The molecule has 0 aliphatic carbocycles. The van der Waals surface area contributed by atoms with Crippen molar-refractivity contribution in [1.29, 1.82) is 0 Å². The van der Waals surface area contributed by atoms with E-state index < -0.39 is 0 Å². The molecule has 0 unspecified atom stereocenters. The van der Waals surface area contributed by atoms with Crippen LogP contribution in [0.1, 0.15) is 23.6 Å². The van der Waals surface area contributed by atoms with Crippen molar-refractivity contribution in [2.24, 2.45) is 0 Å². The molecule has 0 saturated carbocycles. The second-order valence-corrected chi connectivity index (χ2v) is 5.78. The molecular weight excluding hydrogens is 323 g/mol. The summed E-state index contributed by atoms with van der Waals surface area (Å²) in [5.74, 6) is 0.757. The lowest BCUT2D eigenvalue weighted by Crippen LogP contribution is -2.29. The lowest BCUT2D eigenvalue weighted by molar-refractivity contribution is -0.117. The summed E-state index contributed by atoms with van der Waals surface area (Å²) >= 11 is 0. The fourth-order valence-electron chi connectivity index (χ4n) is 2.84. The van der Waals surface area contributed by atoms with Crippen molar-refractivity contribution in [3.05, 3.63) is 71.8 Å². The maximum atomic E-state index is 13.2. The van der Waals surface area contributed by atoms with Crippen molar-refractivity contribution in [2.45, 2.75) is 19.1 Å². The molecule has 1 N–H and O–H groups in total. The predicted molar refractivity (Wildman–Crippen MR) is 88.6 cm³/mol. The Balaban J connectivity index is 1.48. The average Bonchev–Trinajstić information content (AvgIpc) is 3.08. The Morgan fingerprint density at radius 2 is 2.08 bits per heavy atom. The Morgan fingerprint density at radius 3 is 2.88 bits per heavy atom. The first-order chi connectivity index (χ1) is 12.2. The van der Waals surface area contributed by atoms with Crippen LogP contribution in [-0.4, -0.2) is 20.7 Å². The molecule has 0 bridgehead atoms. The van der Waals surface area contributed by atoms with Crippen molar-refractivity contribution >= 4 is 11.9 Å². The van der Waals surface area contributed by atoms with Crippen LogP contribution in [0.5, 0.6) is 5.75 Å². The number of halogens is 1. The molecule has 0 fully saturated rings. The summed E-state index contributed by atoms with van der Waals surface area (Å²) in [4.78, 5) is 15.8. The lowest BCUT2D eigenvalue weighted by atomic mass is 10.0. The molecule has 2 aromatic carbocycles. The smallest absolute Gasteiger partial charge is 0.229 e. The Kier molecular flexibility index (Phi) is 3.89. The van der Waals surface area contributed by atoms with E-state index in [1.54, 1.807) is 10.7 Å². The highest BCUT2D eigenvalue weighted by atomic mass is 19.1. The number of ether oxygens (including phenoxy) is 1. The quantitative estimate of drug-likeness (QED) is 0.794. The number of carbonyl (C=O) groups is 1. The maximum absolute atomic E-state index is 13.2. The van der Waals surface area contributed by atoms with E-state index in [1.165, 1.54) is 18.5 Å². The molecule has 25 heavy (non-hydrogen) atoms. The summed E-state index contributed by atoms with van der Waals surface area (Å²) in [5, 5.41) is 6.87. The molecule has 1 aromatic heterocycles. The number of hydrogen-bond acceptors (Lipinski definition) is 4. The maximum Gasteiger partial charge on any atom is 0.229 e. The van der Waals surface area contributed by atoms with Crippen LogP contribution in [0.3, 0.4) is 0 Å². The molecule has 0 spiro atoms. The first kappa shape index (κ1) is 15.3. The van der Waals surface area contributed by atoms with E-state index in [1.807, 2.05) is 30.3 Å². The van der Waals surface area contributed by atoms with Gasteiger partial charge in [-0.05, 0) is 35.4 Å². The Bertz CT molecular complexity index is 907. The Hall–Kier alpha value is -3.22. The van der Waals surface area contributed by atoms with Gasteiger partial charge in [-0.2, -0.15) is 10.1 Å². The normalized spacial score (nSPS) is 16.2. The highest BCUT2D eigenvalue weighted by Gasteiger charge is 2.27. The van der Waals surface area contributed by atoms with Crippen LogP contribution in [0.2, 0.25) is 0 Å². The zero-order valence-corrected chi connectivity index (χ0v) is 13.2. The fourth-order valence-corrected chi connectivity index (χ4v) is 2.84. The second kappa shape index (κ2) is 6.35. The first-order valence-corrected chi connectivity index (χ1v) is 7.85. The van der Waals surface area contributed by atoms with Gasteiger partial charge in [-0.1, -0.05) is 24.3 Å². The van der Waals surface area contributed by atoms with Crippen molar-refractivity contribution in [1.82, 2.24) is 14.8 Å². The van der Waals surface area contributed by atoms with E-state index in [0.29, 0.717) is 18.1 Å². The molecule has 6 nitrogen and oxygen atoms in total. The summed E-state index contributed by atoms with van der Waals surface area (Å²) in [6, 6.07) is 13.6. The van der Waals surface area contributed by atoms with E-state index in [0.717, 1.165) is 11.1 Å². The minimum absolute atomic E-state index is 0.0862. The van der Waals surface area contributed by atoms with E-state index in [2.05, 4.69) is 15.4 Å². The zero-order chi connectivity index (χ0) is 17.2. The molecule has 1 atom stereocenters. The number of fused-ring (bicyclic) bond motifs is 1. The monoisotopic (exact) mass is 338 g/mol. The van der Waals surface area contributed by atoms with Crippen molar-refractivity contribution in [3.8, 4) is 5.75 Å². The molecule has 1 aliphatic rings. The van der Waals surface area contributed by atoms with E-state index >= 15 is 0 Å². The van der Waals surface area contributed by atoms with E-state index in [4.69, 9.17) is 4.74 Å². The van der Waals surface area contributed by atoms with Crippen LogP contribution in [0.15, 0.2) is 54.9 Å². The van der Waals surface area contributed by atoms with Crippen molar-refractivity contribution in [2.75, 3.05) is 5.32 Å². The highest BCUT2D eigenvalue weighted by Crippen LogP contribution is 2.29. The second-order valence-electron chi connectivity index (χ2n) is 5.78. The topological polar surface area (TPSA) is 69.0 Å². The number of nitrogens with one attached hydrogen (secondary N) is 1. The van der Waals surface area contributed by atoms with Crippen molar-refractivity contribution < 1.29 is 13.9 Å². The van der Waals surface area contributed by atoms with Gasteiger partial charge >= 0.3 is 0 Å².